The molecule has 4 aromatic rings. The first kappa shape index (κ1) is 31.0. The first-order chi connectivity index (χ1) is 20.7. The average molecular weight is 610 g/mol. The van der Waals surface area contributed by atoms with Gasteiger partial charge < -0.3 is 18.8 Å². The van der Waals surface area contributed by atoms with Crippen LogP contribution in [0.2, 0.25) is 0 Å². The van der Waals surface area contributed by atoms with E-state index >= 15 is 0 Å². The highest BCUT2D eigenvalue weighted by Gasteiger charge is 2.45. The van der Waals surface area contributed by atoms with E-state index in [0.29, 0.717) is 37.6 Å². The quantitative estimate of drug-likeness (QED) is 0.250. The van der Waals surface area contributed by atoms with Crippen LogP contribution in [-0.4, -0.2) is 46.4 Å². The third-order valence-electron chi connectivity index (χ3n) is 8.14. The van der Waals surface area contributed by atoms with Crippen molar-refractivity contribution in [2.24, 2.45) is 5.41 Å². The highest BCUT2D eigenvalue weighted by atomic mass is 19.4. The first-order valence-electron chi connectivity index (χ1n) is 14.3. The fraction of sp³-hybridized carbons (Fsp3) is 0.375. The summed E-state index contributed by atoms with van der Waals surface area (Å²) in [6.45, 7) is 8.94. The normalized spacial score (nSPS) is 15.3. The molecule has 0 fully saturated rings. The van der Waals surface area contributed by atoms with E-state index < -0.39 is 22.9 Å². The lowest BCUT2D eigenvalue weighted by molar-refractivity contribution is -0.152. The van der Waals surface area contributed by atoms with Gasteiger partial charge in [-0.1, -0.05) is 12.1 Å². The molecule has 1 aromatic carbocycles. The summed E-state index contributed by atoms with van der Waals surface area (Å²) in [5, 5.41) is -0.133. The molecule has 232 valence electrons. The number of halogens is 3. The maximum Gasteiger partial charge on any atom is 0.449 e. The Morgan fingerprint density at radius 1 is 1.00 bits per heavy atom. The third-order valence-corrected chi connectivity index (χ3v) is 8.14. The molecule has 5 rings (SSSR count). The molecule has 0 unspecified atom stereocenters. The molecule has 12 heteroatoms. The molecule has 0 radical (unpaired) electrons. The van der Waals surface area contributed by atoms with Crippen molar-refractivity contribution >= 4 is 34.2 Å². The van der Waals surface area contributed by atoms with Crippen molar-refractivity contribution in [1.29, 1.82) is 0 Å². The summed E-state index contributed by atoms with van der Waals surface area (Å²) < 4.78 is 45.8. The van der Waals surface area contributed by atoms with Crippen LogP contribution in [-0.2, 0) is 35.4 Å². The van der Waals surface area contributed by atoms with Crippen molar-refractivity contribution in [3.05, 3.63) is 87.8 Å². The number of fused-ring (bicyclic) bond motifs is 2. The van der Waals surface area contributed by atoms with Crippen LogP contribution in [0.5, 0.6) is 0 Å². The van der Waals surface area contributed by atoms with E-state index in [1.54, 1.807) is 32.0 Å². The summed E-state index contributed by atoms with van der Waals surface area (Å²) in [5.74, 6) is -1.78. The first-order valence-corrected chi connectivity index (χ1v) is 14.3. The molecule has 44 heavy (non-hydrogen) atoms. The minimum Gasteiger partial charge on any atom is -0.451 e. The Kier molecular flexibility index (Phi) is 8.15. The van der Waals surface area contributed by atoms with Crippen molar-refractivity contribution in [1.82, 2.24) is 14.5 Å². The number of anilines is 2. The lowest BCUT2D eigenvalue weighted by Gasteiger charge is -2.27. The molecule has 1 aliphatic rings. The van der Waals surface area contributed by atoms with Crippen LogP contribution in [0.15, 0.2) is 64.1 Å². The number of carbonyl (C=O) groups excluding carboxylic acids is 2. The van der Waals surface area contributed by atoms with Crippen LogP contribution < -0.4 is 15.4 Å². The maximum absolute atomic E-state index is 13.3. The summed E-state index contributed by atoms with van der Waals surface area (Å²) in [5.41, 5.74) is 2.05. The second-order valence-corrected chi connectivity index (χ2v) is 11.5. The van der Waals surface area contributed by atoms with Crippen molar-refractivity contribution in [2.75, 3.05) is 29.9 Å². The number of carbonyl (C=O) groups is 2. The van der Waals surface area contributed by atoms with Gasteiger partial charge in [0.25, 0.3) is 5.56 Å². The van der Waals surface area contributed by atoms with Crippen molar-refractivity contribution < 1.29 is 27.2 Å². The summed E-state index contributed by atoms with van der Waals surface area (Å²) in [6.07, 6.45) is -1.55. The fourth-order valence-electron chi connectivity index (χ4n) is 5.58. The van der Waals surface area contributed by atoms with E-state index in [1.807, 2.05) is 44.2 Å². The highest BCUT2D eigenvalue weighted by Crippen LogP contribution is 2.39. The molecule has 0 atom stereocenters. The molecule has 0 aliphatic carbocycles. The molecule has 4 heterocycles. The Morgan fingerprint density at radius 2 is 1.75 bits per heavy atom. The van der Waals surface area contributed by atoms with E-state index in [9.17, 15) is 27.6 Å². The Hall–Kier alpha value is -4.45. The van der Waals surface area contributed by atoms with Gasteiger partial charge in [0, 0.05) is 63.9 Å². The molecular weight excluding hydrogens is 575 g/mol. The monoisotopic (exact) mass is 609 g/mol. The zero-order valence-electron chi connectivity index (χ0n) is 25.2. The van der Waals surface area contributed by atoms with Crippen LogP contribution in [0.4, 0.5) is 24.5 Å². The van der Waals surface area contributed by atoms with Gasteiger partial charge in [0.2, 0.25) is 17.6 Å². The van der Waals surface area contributed by atoms with E-state index in [4.69, 9.17) is 4.42 Å². The molecule has 0 saturated carbocycles. The van der Waals surface area contributed by atoms with E-state index in [1.165, 1.54) is 21.7 Å². The number of nitrogens with zero attached hydrogens (tertiary/aromatic N) is 5. The second-order valence-electron chi connectivity index (χ2n) is 11.5. The number of hydrogen-bond donors (Lipinski definition) is 0. The summed E-state index contributed by atoms with van der Waals surface area (Å²) in [4.78, 5) is 49.3. The van der Waals surface area contributed by atoms with E-state index in [2.05, 4.69) is 9.88 Å². The van der Waals surface area contributed by atoms with Gasteiger partial charge in [-0.3, -0.25) is 24.3 Å². The number of hydrogen-bond acceptors (Lipinski definition) is 6. The fourth-order valence-corrected chi connectivity index (χ4v) is 5.58. The van der Waals surface area contributed by atoms with Gasteiger partial charge in [0.1, 0.15) is 11.0 Å². The number of furan rings is 1. The molecular formula is C32H34F3N5O4. The number of amides is 2. The summed E-state index contributed by atoms with van der Waals surface area (Å²) in [7, 11) is 1.67. The Labute approximate surface area is 252 Å². The molecule has 9 nitrogen and oxygen atoms in total. The predicted molar refractivity (Wildman–Crippen MR) is 160 cm³/mol. The number of rotatable bonds is 8. The maximum atomic E-state index is 13.3. The topological polar surface area (TPSA) is 91.9 Å². The van der Waals surface area contributed by atoms with Gasteiger partial charge in [0.05, 0.1) is 16.8 Å². The number of pyridine rings is 2. The van der Waals surface area contributed by atoms with E-state index in [0.717, 1.165) is 22.9 Å². The number of aryl methyl sites for hydroxylation is 1. The molecule has 1 aliphatic heterocycles. The second kappa shape index (κ2) is 11.6. The smallest absolute Gasteiger partial charge is 0.449 e. The molecule has 0 N–H and O–H groups in total. The van der Waals surface area contributed by atoms with Gasteiger partial charge in [-0.2, -0.15) is 13.2 Å². The van der Waals surface area contributed by atoms with Gasteiger partial charge in [0.15, 0.2) is 0 Å². The number of aromatic nitrogens is 2. The van der Waals surface area contributed by atoms with Gasteiger partial charge in [-0.05, 0) is 63.1 Å². The summed E-state index contributed by atoms with van der Waals surface area (Å²) in [6, 6.07) is 11.6. The molecule has 0 spiro atoms. The summed E-state index contributed by atoms with van der Waals surface area (Å²) >= 11 is 0. The Morgan fingerprint density at radius 3 is 2.43 bits per heavy atom. The SMILES string of the molecule is CCN1C(=O)C(C)(C)C(=O)N(C)c2cc(CN(CCn3ccc4oc(C(F)(F)F)cc4c3=O)Cc3cccnc3C)ccc21. The average Bonchev–Trinajstić information content (AvgIpc) is 3.42. The largest absolute Gasteiger partial charge is 0.451 e. The zero-order chi connectivity index (χ0) is 32.0. The van der Waals surface area contributed by atoms with Crippen LogP contribution in [0.3, 0.4) is 0 Å². The van der Waals surface area contributed by atoms with Crippen LogP contribution in [0.1, 0.15) is 43.4 Å². The predicted octanol–water partition coefficient (Wildman–Crippen LogP) is 5.37. The van der Waals surface area contributed by atoms with Crippen molar-refractivity contribution in [3.63, 3.8) is 0 Å². The lowest BCUT2D eigenvalue weighted by atomic mass is 9.90. The minimum absolute atomic E-state index is 0.118. The Bertz CT molecular complexity index is 1790. The molecule has 3 aromatic heterocycles. The van der Waals surface area contributed by atoms with Crippen LogP contribution in [0, 0.1) is 12.3 Å². The zero-order valence-corrected chi connectivity index (χ0v) is 25.2. The highest BCUT2D eigenvalue weighted by molar-refractivity contribution is 6.19. The van der Waals surface area contributed by atoms with Crippen LogP contribution >= 0.6 is 0 Å². The standard InChI is InChI=1S/C32H34F3N5O4/c1-6-40-24-10-9-21(16-25(24)37(5)29(42)31(3,4)30(40)43)18-38(19-22-8-7-12-36-20(22)2)14-15-39-13-11-26-23(28(39)41)17-27(44-26)32(33,34)35/h7-13,16-17H,6,14-15,18-19H2,1-5H3. The minimum atomic E-state index is -4.70. The van der Waals surface area contributed by atoms with Crippen molar-refractivity contribution in [2.45, 2.75) is 53.5 Å². The number of benzene rings is 1. The molecule has 0 saturated heterocycles. The van der Waals surface area contributed by atoms with Crippen molar-refractivity contribution in [3.8, 4) is 0 Å². The third kappa shape index (κ3) is 5.73. The Balaban J connectivity index is 1.46. The van der Waals surface area contributed by atoms with Crippen LogP contribution in [0.25, 0.3) is 11.0 Å². The van der Waals surface area contributed by atoms with Gasteiger partial charge in [-0.15, -0.1) is 0 Å². The number of alkyl halides is 3. The molecule has 2 amide bonds. The molecule has 0 bridgehead atoms. The van der Waals surface area contributed by atoms with Gasteiger partial charge >= 0.3 is 6.18 Å². The lowest BCUT2D eigenvalue weighted by Crippen LogP contribution is -2.47. The van der Waals surface area contributed by atoms with Gasteiger partial charge in [-0.25, -0.2) is 0 Å². The van der Waals surface area contributed by atoms with E-state index in [-0.39, 0.29) is 29.3 Å².